The number of hydrogen-bond donors (Lipinski definition) is 3. The van der Waals surface area contributed by atoms with Crippen LogP contribution in [0.2, 0.25) is 0 Å². The number of carbonyl (C=O) groups excluding carboxylic acids is 1. The summed E-state index contributed by atoms with van der Waals surface area (Å²) in [5.41, 5.74) is 5.34. The molecule has 0 saturated carbocycles. The molecule has 0 aliphatic carbocycles. The molecule has 0 spiro atoms. The van der Waals surface area contributed by atoms with Gasteiger partial charge in [-0.15, -0.1) is 0 Å². The maximum Gasteiger partial charge on any atom is 0.405 e. The summed E-state index contributed by atoms with van der Waals surface area (Å²) in [6.45, 7) is 2.52. The van der Waals surface area contributed by atoms with Gasteiger partial charge in [0.25, 0.3) is 0 Å². The van der Waals surface area contributed by atoms with E-state index < -0.39 is 18.8 Å². The predicted octanol–water partition coefficient (Wildman–Crippen LogP) is 0.831. The van der Waals surface area contributed by atoms with Crippen molar-refractivity contribution in [3.63, 3.8) is 0 Å². The van der Waals surface area contributed by atoms with Crippen LogP contribution in [0.5, 0.6) is 0 Å². The highest BCUT2D eigenvalue weighted by molar-refractivity contribution is 5.74. The Bertz CT molecular complexity index is 208. The van der Waals surface area contributed by atoms with Crippen molar-refractivity contribution in [2.45, 2.75) is 26.1 Å². The van der Waals surface area contributed by atoms with Crippen LogP contribution in [0.25, 0.3) is 0 Å². The Hall–Kier alpha value is -0.980. The SMILES string of the molecule is CC(CN)C(C)NC(=O)NCC(F)(F)F. The van der Waals surface area contributed by atoms with Crippen molar-refractivity contribution in [3.05, 3.63) is 0 Å². The van der Waals surface area contributed by atoms with E-state index in [1.807, 2.05) is 0 Å². The summed E-state index contributed by atoms with van der Waals surface area (Å²) in [5.74, 6) is 0.0154. The Balaban J connectivity index is 3.84. The number of rotatable bonds is 4. The number of amides is 2. The van der Waals surface area contributed by atoms with Crippen LogP contribution < -0.4 is 16.4 Å². The second-order valence-corrected chi connectivity index (χ2v) is 3.44. The predicted molar refractivity (Wildman–Crippen MR) is 50.3 cm³/mol. The van der Waals surface area contributed by atoms with Crippen molar-refractivity contribution < 1.29 is 18.0 Å². The van der Waals surface area contributed by atoms with Crippen LogP contribution in [0.3, 0.4) is 0 Å². The summed E-state index contributed by atoms with van der Waals surface area (Å²) in [5, 5.41) is 4.09. The highest BCUT2D eigenvalue weighted by Gasteiger charge is 2.28. The topological polar surface area (TPSA) is 67.1 Å². The first-order valence-electron chi connectivity index (χ1n) is 4.57. The Morgan fingerprint density at radius 2 is 1.93 bits per heavy atom. The van der Waals surface area contributed by atoms with Gasteiger partial charge in [0.05, 0.1) is 0 Å². The smallest absolute Gasteiger partial charge is 0.335 e. The average Bonchev–Trinajstić information content (AvgIpc) is 2.12. The molecule has 4 N–H and O–H groups in total. The molecule has 0 aliphatic heterocycles. The molecule has 15 heavy (non-hydrogen) atoms. The molecule has 0 aromatic heterocycles. The Kier molecular flexibility index (Phi) is 5.41. The molecule has 0 fully saturated rings. The lowest BCUT2D eigenvalue weighted by molar-refractivity contribution is -0.122. The third-order valence-corrected chi connectivity index (χ3v) is 2.03. The second kappa shape index (κ2) is 5.79. The quantitative estimate of drug-likeness (QED) is 0.666. The molecule has 0 heterocycles. The summed E-state index contributed by atoms with van der Waals surface area (Å²) in [6, 6.07) is -1.09. The molecule has 4 nitrogen and oxygen atoms in total. The van der Waals surface area contributed by atoms with E-state index in [4.69, 9.17) is 5.73 Å². The van der Waals surface area contributed by atoms with E-state index in [0.29, 0.717) is 6.54 Å². The second-order valence-electron chi connectivity index (χ2n) is 3.44. The maximum absolute atomic E-state index is 11.7. The van der Waals surface area contributed by atoms with Gasteiger partial charge in [-0.1, -0.05) is 6.92 Å². The number of nitrogens with one attached hydrogen (secondary N) is 2. The fourth-order valence-electron chi connectivity index (χ4n) is 0.785. The van der Waals surface area contributed by atoms with Crippen molar-refractivity contribution in [1.29, 1.82) is 0 Å². The van der Waals surface area contributed by atoms with Gasteiger partial charge >= 0.3 is 12.2 Å². The molecule has 0 saturated heterocycles. The fourth-order valence-corrected chi connectivity index (χ4v) is 0.785. The van der Waals surface area contributed by atoms with Crippen LogP contribution in [0.4, 0.5) is 18.0 Å². The normalized spacial score (nSPS) is 15.6. The molecule has 7 heteroatoms. The molecule has 0 aromatic carbocycles. The van der Waals surface area contributed by atoms with E-state index in [0.717, 1.165) is 0 Å². The highest BCUT2D eigenvalue weighted by atomic mass is 19.4. The summed E-state index contributed by atoms with van der Waals surface area (Å²) >= 11 is 0. The molecule has 0 rings (SSSR count). The van der Waals surface area contributed by atoms with Gasteiger partial charge in [0.15, 0.2) is 0 Å². The van der Waals surface area contributed by atoms with Crippen LogP contribution in [0, 0.1) is 5.92 Å². The summed E-state index contributed by atoms with van der Waals surface area (Å²) in [7, 11) is 0. The lowest BCUT2D eigenvalue weighted by Crippen LogP contribution is -2.47. The molecule has 90 valence electrons. The first-order valence-corrected chi connectivity index (χ1v) is 4.57. The first-order chi connectivity index (χ1) is 6.76. The third kappa shape index (κ3) is 7.01. The van der Waals surface area contributed by atoms with Crippen LogP contribution in [0.15, 0.2) is 0 Å². The summed E-state index contributed by atoms with van der Waals surface area (Å²) < 4.78 is 35.1. The minimum absolute atomic E-state index is 0.0154. The largest absolute Gasteiger partial charge is 0.405 e. The van der Waals surface area contributed by atoms with E-state index in [9.17, 15) is 18.0 Å². The van der Waals surface area contributed by atoms with Gasteiger partial charge in [-0.3, -0.25) is 0 Å². The zero-order chi connectivity index (χ0) is 12.1. The first kappa shape index (κ1) is 14.0. The van der Waals surface area contributed by atoms with Crippen LogP contribution in [0.1, 0.15) is 13.8 Å². The van der Waals surface area contributed by atoms with E-state index in [1.54, 1.807) is 19.2 Å². The van der Waals surface area contributed by atoms with E-state index in [-0.39, 0.29) is 12.0 Å². The van der Waals surface area contributed by atoms with Gasteiger partial charge in [0, 0.05) is 6.04 Å². The zero-order valence-corrected chi connectivity index (χ0v) is 8.69. The lowest BCUT2D eigenvalue weighted by atomic mass is 10.0. The van der Waals surface area contributed by atoms with Crippen molar-refractivity contribution in [1.82, 2.24) is 10.6 Å². The van der Waals surface area contributed by atoms with Crippen molar-refractivity contribution in [2.75, 3.05) is 13.1 Å². The number of nitrogens with two attached hydrogens (primary N) is 1. The van der Waals surface area contributed by atoms with Crippen molar-refractivity contribution >= 4 is 6.03 Å². The van der Waals surface area contributed by atoms with Gasteiger partial charge in [-0.05, 0) is 19.4 Å². The molecular weight excluding hydrogens is 211 g/mol. The summed E-state index contributed by atoms with van der Waals surface area (Å²) in [4.78, 5) is 11.0. The third-order valence-electron chi connectivity index (χ3n) is 2.03. The van der Waals surface area contributed by atoms with Crippen LogP contribution >= 0.6 is 0 Å². The molecule has 0 radical (unpaired) electrons. The van der Waals surface area contributed by atoms with Crippen LogP contribution in [-0.4, -0.2) is 31.3 Å². The van der Waals surface area contributed by atoms with E-state index >= 15 is 0 Å². The number of hydrogen-bond acceptors (Lipinski definition) is 2. The van der Waals surface area contributed by atoms with E-state index in [1.165, 1.54) is 0 Å². The Labute approximate surface area is 86.4 Å². The molecule has 0 bridgehead atoms. The number of alkyl halides is 3. The van der Waals surface area contributed by atoms with E-state index in [2.05, 4.69) is 5.32 Å². The lowest BCUT2D eigenvalue weighted by Gasteiger charge is -2.20. The average molecular weight is 227 g/mol. The molecule has 0 aliphatic rings. The molecule has 2 unspecified atom stereocenters. The van der Waals surface area contributed by atoms with Gasteiger partial charge in [0.2, 0.25) is 0 Å². The van der Waals surface area contributed by atoms with Crippen LogP contribution in [-0.2, 0) is 0 Å². The highest BCUT2D eigenvalue weighted by Crippen LogP contribution is 2.12. The van der Waals surface area contributed by atoms with Gasteiger partial charge < -0.3 is 16.4 Å². The number of carbonyl (C=O) groups is 1. The monoisotopic (exact) mass is 227 g/mol. The molecule has 2 amide bonds. The van der Waals surface area contributed by atoms with Gasteiger partial charge in [0.1, 0.15) is 6.54 Å². The summed E-state index contributed by atoms with van der Waals surface area (Å²) in [6.07, 6.45) is -4.39. The maximum atomic E-state index is 11.7. The van der Waals surface area contributed by atoms with Crippen molar-refractivity contribution in [3.8, 4) is 0 Å². The molecule has 2 atom stereocenters. The standard InChI is InChI=1S/C8H16F3N3O/c1-5(3-12)6(2)14-7(15)13-4-8(9,10)11/h5-6H,3-4,12H2,1-2H3,(H2,13,14,15). The van der Waals surface area contributed by atoms with Gasteiger partial charge in [-0.25, -0.2) is 4.79 Å². The molecular formula is C8H16F3N3O. The zero-order valence-electron chi connectivity index (χ0n) is 8.69. The van der Waals surface area contributed by atoms with Gasteiger partial charge in [-0.2, -0.15) is 13.2 Å². The molecule has 0 aromatic rings. The Morgan fingerprint density at radius 1 is 1.40 bits per heavy atom. The Morgan fingerprint density at radius 3 is 2.33 bits per heavy atom. The minimum atomic E-state index is -4.39. The number of halogens is 3. The minimum Gasteiger partial charge on any atom is -0.335 e. The fraction of sp³-hybridized carbons (Fsp3) is 0.875. The van der Waals surface area contributed by atoms with Crippen molar-refractivity contribution in [2.24, 2.45) is 11.7 Å². The number of urea groups is 1.